The van der Waals surface area contributed by atoms with Crippen molar-refractivity contribution in [2.24, 2.45) is 11.0 Å². The number of hydrogen-bond acceptors (Lipinski definition) is 7. The number of carbonyl (C=O) groups excluding carboxylic acids is 2. The van der Waals surface area contributed by atoms with Crippen LogP contribution in [0.5, 0.6) is 11.5 Å². The van der Waals surface area contributed by atoms with E-state index >= 15 is 0 Å². The van der Waals surface area contributed by atoms with Gasteiger partial charge in [0.15, 0.2) is 11.5 Å². The molecule has 168 valence electrons. The molecule has 3 aliphatic rings. The van der Waals surface area contributed by atoms with Crippen LogP contribution in [-0.4, -0.2) is 61.0 Å². The Morgan fingerprint density at radius 2 is 2.09 bits per heavy atom. The summed E-state index contributed by atoms with van der Waals surface area (Å²) in [5, 5.41) is 8.24. The van der Waals surface area contributed by atoms with Gasteiger partial charge in [0.25, 0.3) is 5.91 Å². The fraction of sp³-hybridized carbons (Fsp3) is 0.435. The highest BCUT2D eigenvalue weighted by Crippen LogP contribution is 2.39. The second-order valence-electron chi connectivity index (χ2n) is 8.12. The number of ether oxygens (including phenoxy) is 3. The van der Waals surface area contributed by atoms with E-state index in [2.05, 4.69) is 0 Å². The third-order valence-electron chi connectivity index (χ3n) is 5.88. The van der Waals surface area contributed by atoms with Crippen molar-refractivity contribution >= 4 is 28.9 Å². The first-order valence-corrected chi connectivity index (χ1v) is 11.6. The zero-order valence-electron chi connectivity index (χ0n) is 17.9. The smallest absolute Gasteiger partial charge is 0.262 e. The summed E-state index contributed by atoms with van der Waals surface area (Å²) in [5.74, 6) is 1.23. The second-order valence-corrected chi connectivity index (χ2v) is 9.07. The minimum atomic E-state index is -0.269. The first-order valence-electron chi connectivity index (χ1n) is 10.7. The standard InChI is InChI=1S/C23H25N3O5S/c1-29-9-8-25(23(28)15-4-5-15)13-22(27)26-18(12-17(24-26)21-3-2-10-32-21)16-6-7-19-20(11-16)31-14-30-19/h2-3,6-7,10-11,15,18H,4-5,8-9,12-14H2,1H3/t18-/m1/s1. The van der Waals surface area contributed by atoms with E-state index in [-0.39, 0.29) is 37.1 Å². The SMILES string of the molecule is COCCN(CC(=O)N1N=C(c2cccs2)C[C@@H]1c1ccc2c(c1)OCO2)C(=O)C1CC1. The fourth-order valence-electron chi connectivity index (χ4n) is 4.00. The van der Waals surface area contributed by atoms with Crippen molar-refractivity contribution < 1.29 is 23.8 Å². The Bertz CT molecular complexity index is 1030. The topological polar surface area (TPSA) is 80.7 Å². The molecule has 0 spiro atoms. The second kappa shape index (κ2) is 8.91. The van der Waals surface area contributed by atoms with Crippen LogP contribution in [0.2, 0.25) is 0 Å². The van der Waals surface area contributed by atoms with Crippen molar-refractivity contribution in [1.29, 1.82) is 0 Å². The molecule has 3 heterocycles. The molecule has 5 rings (SSSR count). The highest BCUT2D eigenvalue weighted by molar-refractivity contribution is 7.12. The molecule has 1 saturated carbocycles. The van der Waals surface area contributed by atoms with Gasteiger partial charge in [0.05, 0.1) is 23.2 Å². The summed E-state index contributed by atoms with van der Waals surface area (Å²) in [6.45, 7) is 0.963. The summed E-state index contributed by atoms with van der Waals surface area (Å²) in [7, 11) is 1.59. The number of rotatable bonds is 8. The molecule has 1 atom stereocenters. The van der Waals surface area contributed by atoms with Gasteiger partial charge in [-0.1, -0.05) is 12.1 Å². The van der Waals surface area contributed by atoms with E-state index < -0.39 is 0 Å². The molecule has 1 aromatic carbocycles. The molecule has 0 radical (unpaired) electrons. The Labute approximate surface area is 190 Å². The first kappa shape index (κ1) is 21.0. The number of nitrogens with zero attached hydrogens (tertiary/aromatic N) is 3. The molecule has 1 aliphatic carbocycles. The number of fused-ring (bicyclic) bond motifs is 1. The van der Waals surface area contributed by atoms with E-state index in [0.717, 1.165) is 29.0 Å². The van der Waals surface area contributed by atoms with Gasteiger partial charge in [0.2, 0.25) is 12.7 Å². The number of methoxy groups -OCH3 is 1. The van der Waals surface area contributed by atoms with Crippen LogP contribution in [0.25, 0.3) is 0 Å². The summed E-state index contributed by atoms with van der Waals surface area (Å²) >= 11 is 1.60. The van der Waals surface area contributed by atoms with Crippen LogP contribution in [0.3, 0.4) is 0 Å². The van der Waals surface area contributed by atoms with E-state index in [1.54, 1.807) is 23.3 Å². The third kappa shape index (κ3) is 4.22. The largest absolute Gasteiger partial charge is 0.454 e. The highest BCUT2D eigenvalue weighted by atomic mass is 32.1. The summed E-state index contributed by atoms with van der Waals surface area (Å²) in [4.78, 5) is 28.8. The van der Waals surface area contributed by atoms with Crippen LogP contribution in [0, 0.1) is 5.92 Å². The predicted molar refractivity (Wildman–Crippen MR) is 119 cm³/mol. The average Bonchev–Trinajstić information content (AvgIpc) is 3.21. The molecule has 0 saturated heterocycles. The van der Waals surface area contributed by atoms with Crippen molar-refractivity contribution in [2.45, 2.75) is 25.3 Å². The van der Waals surface area contributed by atoms with Crippen LogP contribution in [0.4, 0.5) is 0 Å². The summed E-state index contributed by atoms with van der Waals surface area (Å²) in [6, 6.07) is 9.44. The number of hydrazone groups is 1. The van der Waals surface area contributed by atoms with Gasteiger partial charge in [-0.15, -0.1) is 11.3 Å². The van der Waals surface area contributed by atoms with Crippen molar-refractivity contribution in [2.75, 3.05) is 33.6 Å². The molecule has 0 unspecified atom stereocenters. The Balaban J connectivity index is 1.40. The summed E-state index contributed by atoms with van der Waals surface area (Å²) in [6.07, 6.45) is 2.38. The van der Waals surface area contributed by atoms with Crippen LogP contribution in [0.15, 0.2) is 40.8 Å². The molecule has 2 aromatic rings. The number of carbonyl (C=O) groups is 2. The normalized spacial score (nSPS) is 19.2. The minimum Gasteiger partial charge on any atom is -0.454 e. The molecule has 32 heavy (non-hydrogen) atoms. The molecule has 1 aromatic heterocycles. The van der Waals surface area contributed by atoms with E-state index in [0.29, 0.717) is 31.1 Å². The zero-order chi connectivity index (χ0) is 22.1. The highest BCUT2D eigenvalue weighted by Gasteiger charge is 2.38. The molecule has 8 nitrogen and oxygen atoms in total. The number of hydrogen-bond donors (Lipinski definition) is 0. The van der Waals surface area contributed by atoms with Gasteiger partial charge in [-0.2, -0.15) is 5.10 Å². The molecular formula is C23H25N3O5S. The molecule has 9 heteroatoms. The van der Waals surface area contributed by atoms with Crippen LogP contribution < -0.4 is 9.47 Å². The Morgan fingerprint density at radius 1 is 1.25 bits per heavy atom. The number of thiophene rings is 1. The summed E-state index contributed by atoms with van der Waals surface area (Å²) in [5.41, 5.74) is 1.79. The average molecular weight is 456 g/mol. The number of benzene rings is 1. The van der Waals surface area contributed by atoms with Crippen LogP contribution >= 0.6 is 11.3 Å². The summed E-state index contributed by atoms with van der Waals surface area (Å²) < 4.78 is 16.1. The van der Waals surface area contributed by atoms with E-state index in [4.69, 9.17) is 19.3 Å². The van der Waals surface area contributed by atoms with Gasteiger partial charge in [0, 0.05) is 26.0 Å². The third-order valence-corrected chi connectivity index (χ3v) is 6.80. The Kier molecular flexibility index (Phi) is 5.84. The number of amides is 2. The lowest BCUT2D eigenvalue weighted by molar-refractivity contribution is -0.142. The van der Waals surface area contributed by atoms with Gasteiger partial charge in [-0.05, 0) is 42.0 Å². The van der Waals surface area contributed by atoms with E-state index in [1.807, 2.05) is 35.7 Å². The Morgan fingerprint density at radius 3 is 2.84 bits per heavy atom. The van der Waals surface area contributed by atoms with Crippen LogP contribution in [-0.2, 0) is 14.3 Å². The zero-order valence-corrected chi connectivity index (χ0v) is 18.7. The van der Waals surface area contributed by atoms with Gasteiger partial charge in [-0.3, -0.25) is 9.59 Å². The lowest BCUT2D eigenvalue weighted by Crippen LogP contribution is -2.43. The van der Waals surface area contributed by atoms with E-state index in [9.17, 15) is 9.59 Å². The molecule has 0 bridgehead atoms. The van der Waals surface area contributed by atoms with Gasteiger partial charge in [0.1, 0.15) is 6.54 Å². The van der Waals surface area contributed by atoms with Crippen molar-refractivity contribution in [1.82, 2.24) is 9.91 Å². The lowest BCUT2D eigenvalue weighted by atomic mass is 10.0. The Hall–Kier alpha value is -2.91. The van der Waals surface area contributed by atoms with Crippen molar-refractivity contribution in [3.05, 3.63) is 46.2 Å². The molecule has 0 N–H and O–H groups in total. The van der Waals surface area contributed by atoms with Crippen molar-refractivity contribution in [3.63, 3.8) is 0 Å². The molecule has 2 aliphatic heterocycles. The lowest BCUT2D eigenvalue weighted by Gasteiger charge is -2.27. The van der Waals surface area contributed by atoms with Gasteiger partial charge in [-0.25, -0.2) is 5.01 Å². The quantitative estimate of drug-likeness (QED) is 0.611. The van der Waals surface area contributed by atoms with Gasteiger partial charge < -0.3 is 19.1 Å². The molecule has 2 amide bonds. The van der Waals surface area contributed by atoms with Crippen molar-refractivity contribution in [3.8, 4) is 11.5 Å². The maximum absolute atomic E-state index is 13.4. The first-order chi connectivity index (χ1) is 15.6. The van der Waals surface area contributed by atoms with Crippen LogP contribution in [0.1, 0.15) is 35.7 Å². The monoisotopic (exact) mass is 455 g/mol. The molecule has 1 fully saturated rings. The predicted octanol–water partition coefficient (Wildman–Crippen LogP) is 3.04. The van der Waals surface area contributed by atoms with Gasteiger partial charge >= 0.3 is 0 Å². The maximum atomic E-state index is 13.4. The van der Waals surface area contributed by atoms with E-state index in [1.165, 1.54) is 5.01 Å². The minimum absolute atomic E-state index is 0.0129. The fourth-order valence-corrected chi connectivity index (χ4v) is 4.73. The maximum Gasteiger partial charge on any atom is 0.262 e. The molecular weight excluding hydrogens is 430 g/mol.